The van der Waals surface area contributed by atoms with Gasteiger partial charge in [-0.15, -0.1) is 0 Å². The first-order chi connectivity index (χ1) is 12.4. The Morgan fingerprint density at radius 3 is 2.69 bits per heavy atom. The smallest absolute Gasteiger partial charge is 0.380 e. The minimum Gasteiger partial charge on any atom is -0.420 e. The van der Waals surface area contributed by atoms with Gasteiger partial charge in [0.05, 0.1) is 0 Å². The highest BCUT2D eigenvalue weighted by Gasteiger charge is 2.21. The van der Waals surface area contributed by atoms with Crippen molar-refractivity contribution in [1.82, 2.24) is 0 Å². The van der Waals surface area contributed by atoms with Gasteiger partial charge in [0.2, 0.25) is 5.75 Å². The van der Waals surface area contributed by atoms with Gasteiger partial charge in [-0.25, -0.2) is 4.79 Å². The van der Waals surface area contributed by atoms with Crippen molar-refractivity contribution in [2.24, 2.45) is 0 Å². The van der Waals surface area contributed by atoms with Crippen molar-refractivity contribution in [3.8, 4) is 16.9 Å². The fourth-order valence-electron chi connectivity index (χ4n) is 2.71. The average Bonchev–Trinajstić information content (AvgIpc) is 2.57. The molecule has 0 aliphatic heterocycles. The molecule has 0 spiro atoms. The van der Waals surface area contributed by atoms with Gasteiger partial charge in [0.1, 0.15) is 5.58 Å². The fraction of sp³-hybridized carbons (Fsp3) is 0.158. The van der Waals surface area contributed by atoms with E-state index < -0.39 is 11.6 Å². The summed E-state index contributed by atoms with van der Waals surface area (Å²) in [5.74, 6) is -0.724. The van der Waals surface area contributed by atoms with Crippen LogP contribution in [0.15, 0.2) is 50.1 Å². The molecule has 0 unspecified atom stereocenters. The van der Waals surface area contributed by atoms with Gasteiger partial charge in [0, 0.05) is 38.8 Å². The Morgan fingerprint density at radius 1 is 1.27 bits per heavy atom. The molecule has 0 fully saturated rings. The van der Waals surface area contributed by atoms with E-state index >= 15 is 0 Å². The number of halogens is 3. The zero-order valence-corrected chi connectivity index (χ0v) is 17.6. The summed E-state index contributed by atoms with van der Waals surface area (Å²) in [6.07, 6.45) is 0.703. The second-order valence-electron chi connectivity index (χ2n) is 5.58. The van der Waals surface area contributed by atoms with Crippen LogP contribution < -0.4 is 10.4 Å². The number of hydrogen-bond acceptors (Lipinski definition) is 4. The number of ether oxygens (including phenoxy) is 1. The Morgan fingerprint density at radius 2 is 2.04 bits per heavy atom. The Hall–Kier alpha value is -1.63. The van der Waals surface area contributed by atoms with Crippen LogP contribution in [0.3, 0.4) is 0 Å². The largest absolute Gasteiger partial charge is 0.420 e. The van der Waals surface area contributed by atoms with Crippen molar-refractivity contribution in [3.63, 3.8) is 0 Å². The number of hydrogen-bond donors (Lipinski definition) is 0. The van der Waals surface area contributed by atoms with Gasteiger partial charge in [0.15, 0.2) is 0 Å². The molecular formula is C19H13Br2ClO4. The lowest BCUT2D eigenvalue weighted by atomic mass is 9.99. The Balaban J connectivity index is 2.43. The normalized spacial score (nSPS) is 10.9. The molecule has 3 rings (SSSR count). The van der Waals surface area contributed by atoms with Crippen LogP contribution in [0.25, 0.3) is 22.1 Å². The Kier molecular flexibility index (Phi) is 5.85. The second kappa shape index (κ2) is 7.94. The van der Waals surface area contributed by atoms with Gasteiger partial charge < -0.3 is 9.15 Å². The summed E-state index contributed by atoms with van der Waals surface area (Å²) in [4.78, 5) is 24.0. The summed E-state index contributed by atoms with van der Waals surface area (Å²) in [5.41, 5.74) is 1.73. The fourth-order valence-corrected chi connectivity index (χ4v) is 3.79. The third-order valence-corrected chi connectivity index (χ3v) is 5.00. The number of aryl methyl sites for hydroxylation is 1. The quantitative estimate of drug-likeness (QED) is 0.261. The molecule has 2 aromatic carbocycles. The zero-order chi connectivity index (χ0) is 18.8. The lowest BCUT2D eigenvalue weighted by Crippen LogP contribution is -2.13. The first-order valence-electron chi connectivity index (χ1n) is 7.70. The number of benzene rings is 2. The van der Waals surface area contributed by atoms with Crippen molar-refractivity contribution in [1.29, 1.82) is 0 Å². The topological polar surface area (TPSA) is 56.5 Å². The van der Waals surface area contributed by atoms with Crippen LogP contribution in [0, 0.1) is 0 Å². The first-order valence-corrected chi connectivity index (χ1v) is 9.99. The van der Waals surface area contributed by atoms with Crippen molar-refractivity contribution in [3.05, 3.63) is 61.9 Å². The first kappa shape index (κ1) is 19.1. The molecule has 7 heteroatoms. The van der Waals surface area contributed by atoms with E-state index in [2.05, 4.69) is 31.9 Å². The lowest BCUT2D eigenvalue weighted by molar-refractivity contribution is -0.132. The average molecular weight is 501 g/mol. The molecule has 26 heavy (non-hydrogen) atoms. The second-order valence-corrected chi connectivity index (χ2v) is 7.69. The van der Waals surface area contributed by atoms with Gasteiger partial charge in [-0.3, -0.25) is 4.79 Å². The summed E-state index contributed by atoms with van der Waals surface area (Å²) < 4.78 is 11.4. The van der Waals surface area contributed by atoms with Crippen molar-refractivity contribution >= 4 is 60.4 Å². The third-order valence-electron chi connectivity index (χ3n) is 3.76. The molecule has 0 bridgehead atoms. The highest BCUT2D eigenvalue weighted by atomic mass is 79.9. The maximum absolute atomic E-state index is 12.5. The van der Waals surface area contributed by atoms with E-state index in [9.17, 15) is 9.59 Å². The van der Waals surface area contributed by atoms with Gasteiger partial charge in [-0.2, -0.15) is 0 Å². The van der Waals surface area contributed by atoms with Crippen LogP contribution in [-0.2, 0) is 11.2 Å². The van der Waals surface area contributed by atoms with Gasteiger partial charge in [-0.05, 0) is 35.7 Å². The van der Waals surface area contributed by atoms with E-state index in [1.54, 1.807) is 6.07 Å². The molecular weight excluding hydrogens is 487 g/mol. The molecule has 4 nitrogen and oxygen atoms in total. The highest BCUT2D eigenvalue weighted by Crippen LogP contribution is 2.38. The molecule has 3 aromatic rings. The molecule has 1 heterocycles. The van der Waals surface area contributed by atoms with E-state index in [1.165, 1.54) is 6.92 Å². The molecule has 0 radical (unpaired) electrons. The molecule has 0 N–H and O–H groups in total. The maximum atomic E-state index is 12.5. The van der Waals surface area contributed by atoms with Crippen LogP contribution in [0.5, 0.6) is 5.75 Å². The predicted molar refractivity (Wildman–Crippen MR) is 109 cm³/mol. The van der Waals surface area contributed by atoms with E-state index in [-0.39, 0.29) is 5.75 Å². The Bertz CT molecular complexity index is 1060. The van der Waals surface area contributed by atoms with Crippen molar-refractivity contribution in [2.45, 2.75) is 13.3 Å². The predicted octanol–water partition coefficient (Wildman–Crippen LogP) is 5.74. The Labute approximate surface area is 171 Å². The monoisotopic (exact) mass is 498 g/mol. The lowest BCUT2D eigenvalue weighted by Gasteiger charge is -2.13. The molecule has 0 saturated carbocycles. The minimum atomic E-state index is -0.730. The van der Waals surface area contributed by atoms with Crippen LogP contribution in [-0.4, -0.2) is 11.3 Å². The zero-order valence-electron chi connectivity index (χ0n) is 13.6. The molecule has 0 saturated heterocycles. The molecule has 0 atom stereocenters. The summed E-state index contributed by atoms with van der Waals surface area (Å²) >= 11 is 13.1. The molecule has 0 aliphatic carbocycles. The van der Waals surface area contributed by atoms with E-state index in [0.29, 0.717) is 28.0 Å². The summed E-state index contributed by atoms with van der Waals surface area (Å²) in [7, 11) is 0. The van der Waals surface area contributed by atoms with Crippen LogP contribution in [0.1, 0.15) is 12.5 Å². The molecule has 134 valence electrons. The standard InChI is InChI=1S/C19H13Br2ClO4/c1-10(23)25-18-17(12-3-2-4-13(21)7-12)14-8-11(5-6-20)15(22)9-16(14)26-19(18)24/h2-4,7-9H,5-6H2,1H3. The number of fused-ring (bicyclic) bond motifs is 1. The van der Waals surface area contributed by atoms with Gasteiger partial charge >= 0.3 is 11.6 Å². The van der Waals surface area contributed by atoms with E-state index in [0.717, 1.165) is 20.9 Å². The summed E-state index contributed by atoms with van der Waals surface area (Å²) in [5, 5.41) is 1.90. The van der Waals surface area contributed by atoms with Crippen LogP contribution >= 0.6 is 43.5 Å². The SMILES string of the molecule is CC(=O)Oc1c(-c2cccc(Br)c2)c2cc(CCBr)c(Cl)cc2oc1=O. The summed E-state index contributed by atoms with van der Waals surface area (Å²) in [6, 6.07) is 10.9. The van der Waals surface area contributed by atoms with Crippen LogP contribution in [0.4, 0.5) is 0 Å². The molecule has 1 aromatic heterocycles. The van der Waals surface area contributed by atoms with Crippen molar-refractivity contribution < 1.29 is 13.9 Å². The minimum absolute atomic E-state index is 0.129. The number of carbonyl (C=O) groups excluding carboxylic acids is 1. The van der Waals surface area contributed by atoms with E-state index in [4.69, 9.17) is 20.8 Å². The van der Waals surface area contributed by atoms with Crippen LogP contribution in [0.2, 0.25) is 5.02 Å². The molecule has 0 amide bonds. The van der Waals surface area contributed by atoms with Gasteiger partial charge in [-0.1, -0.05) is 55.6 Å². The number of rotatable bonds is 4. The van der Waals surface area contributed by atoms with Crippen molar-refractivity contribution in [2.75, 3.05) is 5.33 Å². The number of carbonyl (C=O) groups is 1. The third kappa shape index (κ3) is 3.87. The number of esters is 1. The summed E-state index contributed by atoms with van der Waals surface area (Å²) in [6.45, 7) is 1.24. The van der Waals surface area contributed by atoms with Gasteiger partial charge in [0.25, 0.3) is 0 Å². The molecule has 0 aliphatic rings. The van der Waals surface area contributed by atoms with E-state index in [1.807, 2.05) is 30.3 Å². The highest BCUT2D eigenvalue weighted by molar-refractivity contribution is 9.10. The maximum Gasteiger partial charge on any atom is 0.380 e. The number of alkyl halides is 1.